The monoisotopic (exact) mass is 332 g/mol. The summed E-state index contributed by atoms with van der Waals surface area (Å²) < 4.78 is 0. The fraction of sp³-hybridized carbons (Fsp3) is 0.471. The van der Waals surface area contributed by atoms with E-state index in [0.29, 0.717) is 30.0 Å². The summed E-state index contributed by atoms with van der Waals surface area (Å²) in [5.74, 6) is -0.567. The molecular weight excluding hydrogens is 308 g/mol. The minimum Gasteiger partial charge on any atom is -0.323 e. The molecule has 2 rings (SSSR count). The number of ketones is 1. The van der Waals surface area contributed by atoms with Crippen molar-refractivity contribution in [3.63, 3.8) is 0 Å². The lowest BCUT2D eigenvalue weighted by Gasteiger charge is -2.14. The minimum atomic E-state index is -0.216. The highest BCUT2D eigenvalue weighted by atomic mass is 16.2. The number of benzene rings is 1. The molecule has 0 radical (unpaired) electrons. The molecule has 0 atom stereocenters. The SMILES string of the molecule is CC(C)C(=O)c1ccc2c(c1)NC(=O)CNCCCNCC(=O)N2. The van der Waals surface area contributed by atoms with Crippen molar-refractivity contribution >= 4 is 29.0 Å². The van der Waals surface area contributed by atoms with Gasteiger partial charge in [-0.05, 0) is 37.7 Å². The molecule has 7 nitrogen and oxygen atoms in total. The van der Waals surface area contributed by atoms with Crippen LogP contribution in [0.2, 0.25) is 0 Å². The molecule has 1 aromatic rings. The Morgan fingerprint density at radius 3 is 2.12 bits per heavy atom. The third kappa shape index (κ3) is 5.14. The van der Waals surface area contributed by atoms with Gasteiger partial charge in [0.25, 0.3) is 0 Å². The Labute approximate surface area is 141 Å². The van der Waals surface area contributed by atoms with Crippen molar-refractivity contribution in [3.8, 4) is 0 Å². The lowest BCUT2D eigenvalue weighted by molar-refractivity contribution is -0.116. The van der Waals surface area contributed by atoms with E-state index in [9.17, 15) is 14.4 Å². The first-order valence-electron chi connectivity index (χ1n) is 8.17. The number of hydrogen-bond donors (Lipinski definition) is 4. The summed E-state index contributed by atoms with van der Waals surface area (Å²) >= 11 is 0. The second kappa shape index (κ2) is 8.56. The van der Waals surface area contributed by atoms with Crippen LogP contribution in [0.1, 0.15) is 30.6 Å². The lowest BCUT2D eigenvalue weighted by atomic mass is 10.00. The molecule has 4 N–H and O–H groups in total. The number of nitrogens with one attached hydrogen (secondary N) is 4. The van der Waals surface area contributed by atoms with E-state index in [2.05, 4.69) is 21.3 Å². The molecule has 0 saturated heterocycles. The number of anilines is 2. The van der Waals surface area contributed by atoms with Gasteiger partial charge >= 0.3 is 0 Å². The molecule has 0 aliphatic carbocycles. The standard InChI is InChI=1S/C17H24N4O3/c1-11(2)17(24)12-4-5-13-14(8-12)21-16(23)10-19-7-3-6-18-9-15(22)20-13/h4-5,8,11,18-19H,3,6-7,9-10H2,1-2H3,(H,20,22)(H,21,23). The van der Waals surface area contributed by atoms with E-state index in [1.165, 1.54) is 0 Å². The maximum absolute atomic E-state index is 12.2. The smallest absolute Gasteiger partial charge is 0.238 e. The Bertz CT molecular complexity index is 628. The summed E-state index contributed by atoms with van der Waals surface area (Å²) in [5.41, 5.74) is 1.42. The van der Waals surface area contributed by atoms with Crippen molar-refractivity contribution in [1.82, 2.24) is 10.6 Å². The van der Waals surface area contributed by atoms with Gasteiger partial charge in [-0.25, -0.2) is 0 Å². The molecule has 0 saturated carbocycles. The van der Waals surface area contributed by atoms with Gasteiger partial charge in [-0.2, -0.15) is 0 Å². The molecule has 1 heterocycles. The van der Waals surface area contributed by atoms with Gasteiger partial charge < -0.3 is 21.3 Å². The summed E-state index contributed by atoms with van der Waals surface area (Å²) in [6.07, 6.45) is 0.820. The van der Waals surface area contributed by atoms with E-state index in [0.717, 1.165) is 6.42 Å². The number of rotatable bonds is 2. The third-order valence-electron chi connectivity index (χ3n) is 3.65. The summed E-state index contributed by atoms with van der Waals surface area (Å²) in [7, 11) is 0. The normalized spacial score (nSPS) is 17.0. The van der Waals surface area contributed by atoms with Crippen LogP contribution in [0.15, 0.2) is 18.2 Å². The molecule has 130 valence electrons. The summed E-state index contributed by atoms with van der Waals surface area (Å²) in [6.45, 7) is 5.38. The number of fused-ring (bicyclic) bond motifs is 1. The third-order valence-corrected chi connectivity index (χ3v) is 3.65. The van der Waals surface area contributed by atoms with Gasteiger partial charge in [-0.15, -0.1) is 0 Å². The van der Waals surface area contributed by atoms with Gasteiger partial charge in [-0.1, -0.05) is 13.8 Å². The molecular formula is C17H24N4O3. The quantitative estimate of drug-likeness (QED) is 0.605. The fourth-order valence-corrected chi connectivity index (χ4v) is 2.37. The van der Waals surface area contributed by atoms with E-state index >= 15 is 0 Å². The number of carbonyl (C=O) groups is 3. The molecule has 0 unspecified atom stereocenters. The van der Waals surface area contributed by atoms with Crippen LogP contribution < -0.4 is 21.3 Å². The number of carbonyl (C=O) groups excluding carboxylic acids is 3. The zero-order chi connectivity index (χ0) is 17.5. The van der Waals surface area contributed by atoms with Gasteiger partial charge in [0.2, 0.25) is 11.8 Å². The molecule has 1 aliphatic rings. The topological polar surface area (TPSA) is 99.3 Å². The summed E-state index contributed by atoms with van der Waals surface area (Å²) in [6, 6.07) is 4.93. The van der Waals surface area contributed by atoms with Crippen LogP contribution in [0, 0.1) is 5.92 Å². The highest BCUT2D eigenvalue weighted by Crippen LogP contribution is 2.25. The van der Waals surface area contributed by atoms with Crippen molar-refractivity contribution in [2.45, 2.75) is 20.3 Å². The van der Waals surface area contributed by atoms with Gasteiger partial charge in [-0.3, -0.25) is 14.4 Å². The summed E-state index contributed by atoms with van der Waals surface area (Å²) in [4.78, 5) is 36.2. The average molecular weight is 332 g/mol. The molecule has 1 aromatic carbocycles. The number of hydrogen-bond acceptors (Lipinski definition) is 5. The van der Waals surface area contributed by atoms with E-state index in [-0.39, 0.29) is 36.6 Å². The first-order chi connectivity index (χ1) is 11.5. The van der Waals surface area contributed by atoms with Gasteiger partial charge in [0.05, 0.1) is 24.5 Å². The van der Waals surface area contributed by atoms with Crippen molar-refractivity contribution in [2.24, 2.45) is 5.92 Å². The molecule has 0 aromatic heterocycles. The Morgan fingerprint density at radius 2 is 1.54 bits per heavy atom. The summed E-state index contributed by atoms with van der Waals surface area (Å²) in [5, 5.41) is 11.6. The van der Waals surface area contributed by atoms with E-state index in [4.69, 9.17) is 0 Å². The van der Waals surface area contributed by atoms with Crippen LogP contribution in [-0.2, 0) is 9.59 Å². The van der Waals surface area contributed by atoms with Crippen LogP contribution in [-0.4, -0.2) is 43.8 Å². The van der Waals surface area contributed by atoms with E-state index in [1.54, 1.807) is 18.2 Å². The van der Waals surface area contributed by atoms with E-state index in [1.807, 2.05) is 13.8 Å². The first-order valence-corrected chi connectivity index (χ1v) is 8.17. The molecule has 0 fully saturated rings. The molecule has 7 heteroatoms. The predicted molar refractivity (Wildman–Crippen MR) is 93.2 cm³/mol. The minimum absolute atomic E-state index is 0.0129. The van der Waals surface area contributed by atoms with Crippen molar-refractivity contribution < 1.29 is 14.4 Å². The van der Waals surface area contributed by atoms with Gasteiger partial charge in [0.15, 0.2) is 5.78 Å². The van der Waals surface area contributed by atoms with Crippen molar-refractivity contribution in [1.29, 1.82) is 0 Å². The molecule has 1 aliphatic heterocycles. The van der Waals surface area contributed by atoms with E-state index < -0.39 is 0 Å². The Kier molecular flexibility index (Phi) is 6.45. The largest absolute Gasteiger partial charge is 0.323 e. The second-order valence-corrected chi connectivity index (χ2v) is 6.08. The highest BCUT2D eigenvalue weighted by molar-refractivity contribution is 6.04. The number of amides is 2. The first kappa shape index (κ1) is 18.1. The average Bonchev–Trinajstić information content (AvgIpc) is 2.55. The van der Waals surface area contributed by atoms with Crippen molar-refractivity contribution in [2.75, 3.05) is 36.8 Å². The predicted octanol–water partition coefficient (Wildman–Crippen LogP) is 0.985. The van der Waals surface area contributed by atoms with Crippen LogP contribution in [0.25, 0.3) is 0 Å². The van der Waals surface area contributed by atoms with Crippen LogP contribution >= 0.6 is 0 Å². The molecule has 2 amide bonds. The fourth-order valence-electron chi connectivity index (χ4n) is 2.37. The van der Waals surface area contributed by atoms with Gasteiger partial charge in [0.1, 0.15) is 0 Å². The second-order valence-electron chi connectivity index (χ2n) is 6.08. The van der Waals surface area contributed by atoms with Crippen LogP contribution in [0.5, 0.6) is 0 Å². The van der Waals surface area contributed by atoms with Crippen LogP contribution in [0.4, 0.5) is 11.4 Å². The lowest BCUT2D eigenvalue weighted by Crippen LogP contribution is -2.31. The maximum Gasteiger partial charge on any atom is 0.238 e. The molecule has 0 spiro atoms. The number of Topliss-reactive ketones (excluding diaryl/α,β-unsaturated/α-hetero) is 1. The van der Waals surface area contributed by atoms with Gasteiger partial charge in [0, 0.05) is 11.5 Å². The maximum atomic E-state index is 12.2. The Morgan fingerprint density at radius 1 is 0.958 bits per heavy atom. The zero-order valence-corrected chi connectivity index (χ0v) is 14.1. The van der Waals surface area contributed by atoms with Crippen molar-refractivity contribution in [3.05, 3.63) is 23.8 Å². The Balaban J connectivity index is 2.29. The molecule has 24 heavy (non-hydrogen) atoms. The van der Waals surface area contributed by atoms with Crippen LogP contribution in [0.3, 0.4) is 0 Å². The Hall–Kier alpha value is -2.25. The zero-order valence-electron chi connectivity index (χ0n) is 14.1. The highest BCUT2D eigenvalue weighted by Gasteiger charge is 2.16. The molecule has 0 bridgehead atoms.